The molecule has 0 aromatic heterocycles. The van der Waals surface area contributed by atoms with E-state index in [2.05, 4.69) is 53.6 Å². The fourth-order valence-corrected chi connectivity index (χ4v) is 5.86. The van der Waals surface area contributed by atoms with Crippen LogP contribution in [-0.4, -0.2) is 37.1 Å². The highest BCUT2D eigenvalue weighted by molar-refractivity contribution is 6.37. The number of nitrogens with zero attached hydrogens (tertiary/aromatic N) is 1. The van der Waals surface area contributed by atoms with E-state index >= 15 is 0 Å². The van der Waals surface area contributed by atoms with E-state index in [-0.39, 0.29) is 5.91 Å². The number of hydrogen-bond donors (Lipinski definition) is 2. The number of fused-ring (bicyclic) bond motifs is 1. The molecule has 5 rings (SSSR count). The monoisotopic (exact) mass is 525 g/mol. The van der Waals surface area contributed by atoms with Crippen molar-refractivity contribution in [3.05, 3.63) is 83.4 Å². The second kappa shape index (κ2) is 12.0. The zero-order valence-corrected chi connectivity index (χ0v) is 23.4. The number of carbonyl (C=O) groups excluding carboxylic acids is 1. The van der Waals surface area contributed by atoms with Crippen molar-refractivity contribution < 1.29 is 14.3 Å². The van der Waals surface area contributed by atoms with Crippen LogP contribution >= 0.6 is 0 Å². The number of anilines is 2. The molecule has 6 heteroatoms. The Morgan fingerprint density at radius 3 is 2.21 bits per heavy atom. The van der Waals surface area contributed by atoms with Gasteiger partial charge in [-0.3, -0.25) is 9.69 Å². The summed E-state index contributed by atoms with van der Waals surface area (Å²) >= 11 is 0. The molecule has 1 saturated heterocycles. The summed E-state index contributed by atoms with van der Waals surface area (Å²) in [6.45, 7) is 12.8. The predicted octanol–water partition coefficient (Wildman–Crippen LogP) is 6.89. The lowest BCUT2D eigenvalue weighted by Gasteiger charge is -2.35. The number of piperidine rings is 1. The molecule has 0 saturated carbocycles. The third kappa shape index (κ3) is 6.12. The van der Waals surface area contributed by atoms with Crippen molar-refractivity contribution in [3.8, 4) is 11.5 Å². The molecule has 6 nitrogen and oxygen atoms in total. The normalized spacial score (nSPS) is 20.3. The fraction of sp³-hybridized carbons (Fsp3) is 0.364. The second-order valence-corrected chi connectivity index (χ2v) is 10.7. The zero-order valence-electron chi connectivity index (χ0n) is 23.4. The van der Waals surface area contributed by atoms with E-state index in [9.17, 15) is 4.79 Å². The van der Waals surface area contributed by atoms with Crippen molar-refractivity contribution in [2.24, 2.45) is 11.8 Å². The average molecular weight is 526 g/mol. The van der Waals surface area contributed by atoms with Crippen LogP contribution in [0.2, 0.25) is 0 Å². The SMILES string of the molecule is CCOc1cc2c(cc1OCC)/C(=C(/Nc1ccc(CN3CC(C)CC(C)C3)cc1)c1ccccc1)C(=O)N2. The Morgan fingerprint density at radius 2 is 1.56 bits per heavy atom. The molecule has 2 unspecified atom stereocenters. The molecule has 2 aliphatic heterocycles. The molecule has 2 N–H and O–H groups in total. The molecule has 2 heterocycles. The van der Waals surface area contributed by atoms with Gasteiger partial charge in [-0.25, -0.2) is 0 Å². The minimum absolute atomic E-state index is 0.155. The van der Waals surface area contributed by atoms with Gasteiger partial charge in [0.1, 0.15) is 0 Å². The van der Waals surface area contributed by atoms with Crippen LogP contribution in [0.4, 0.5) is 11.4 Å². The highest BCUT2D eigenvalue weighted by atomic mass is 16.5. The number of rotatable bonds is 9. The third-order valence-electron chi connectivity index (χ3n) is 7.31. The summed E-state index contributed by atoms with van der Waals surface area (Å²) in [5.41, 5.74) is 6.01. The standard InChI is InChI=1S/C33H39N3O3/c1-5-38-29-17-27-28(18-30(29)39-6-2)35-33(37)31(27)32(25-10-8-7-9-11-25)34-26-14-12-24(13-15-26)21-36-19-22(3)16-23(4)20-36/h7-15,17-18,22-23,34H,5-6,16,19-21H2,1-4H3,(H,35,37)/b32-31-. The molecule has 3 aromatic rings. The summed E-state index contributed by atoms with van der Waals surface area (Å²) in [5, 5.41) is 6.61. The van der Waals surface area contributed by atoms with Gasteiger partial charge in [0.15, 0.2) is 11.5 Å². The maximum atomic E-state index is 13.4. The van der Waals surface area contributed by atoms with E-state index < -0.39 is 0 Å². The molecule has 0 spiro atoms. The second-order valence-electron chi connectivity index (χ2n) is 10.7. The number of benzene rings is 3. The number of nitrogens with one attached hydrogen (secondary N) is 2. The Balaban J connectivity index is 1.48. The molecule has 3 aromatic carbocycles. The molecule has 1 amide bonds. The first-order chi connectivity index (χ1) is 18.9. The molecule has 204 valence electrons. The topological polar surface area (TPSA) is 62.8 Å². The Morgan fingerprint density at radius 1 is 0.923 bits per heavy atom. The molecule has 39 heavy (non-hydrogen) atoms. The lowest BCUT2D eigenvalue weighted by molar-refractivity contribution is -0.110. The highest BCUT2D eigenvalue weighted by Gasteiger charge is 2.30. The predicted molar refractivity (Wildman–Crippen MR) is 159 cm³/mol. The first kappa shape index (κ1) is 26.8. The van der Waals surface area contributed by atoms with Crippen molar-refractivity contribution in [2.75, 3.05) is 36.9 Å². The van der Waals surface area contributed by atoms with Crippen molar-refractivity contribution in [1.82, 2.24) is 4.90 Å². The Labute approximate surface area is 232 Å². The van der Waals surface area contributed by atoms with Gasteiger partial charge < -0.3 is 20.1 Å². The van der Waals surface area contributed by atoms with Gasteiger partial charge in [0, 0.05) is 37.0 Å². The van der Waals surface area contributed by atoms with Crippen LogP contribution in [0.15, 0.2) is 66.7 Å². The first-order valence-corrected chi connectivity index (χ1v) is 14.1. The van der Waals surface area contributed by atoms with E-state index in [1.165, 1.54) is 12.0 Å². The van der Waals surface area contributed by atoms with Crippen LogP contribution in [0.3, 0.4) is 0 Å². The van der Waals surface area contributed by atoms with E-state index in [1.54, 1.807) is 0 Å². The number of hydrogen-bond acceptors (Lipinski definition) is 5. The lowest BCUT2D eigenvalue weighted by Crippen LogP contribution is -2.38. The van der Waals surface area contributed by atoms with Gasteiger partial charge in [0.25, 0.3) is 5.91 Å². The van der Waals surface area contributed by atoms with Crippen molar-refractivity contribution in [2.45, 2.75) is 40.7 Å². The quantitative estimate of drug-likeness (QED) is 0.298. The summed E-state index contributed by atoms with van der Waals surface area (Å²) in [5.74, 6) is 2.58. The van der Waals surface area contributed by atoms with E-state index in [1.807, 2.05) is 56.3 Å². The summed E-state index contributed by atoms with van der Waals surface area (Å²) in [6.07, 6.45) is 1.31. The first-order valence-electron chi connectivity index (χ1n) is 14.1. The molecular weight excluding hydrogens is 486 g/mol. The van der Waals surface area contributed by atoms with Crippen LogP contribution in [0.5, 0.6) is 11.5 Å². The van der Waals surface area contributed by atoms with Crippen LogP contribution < -0.4 is 20.1 Å². The Hall–Kier alpha value is -3.77. The van der Waals surface area contributed by atoms with Gasteiger partial charge in [-0.2, -0.15) is 0 Å². The minimum atomic E-state index is -0.155. The third-order valence-corrected chi connectivity index (χ3v) is 7.31. The average Bonchev–Trinajstić information content (AvgIpc) is 3.23. The summed E-state index contributed by atoms with van der Waals surface area (Å²) < 4.78 is 11.7. The smallest absolute Gasteiger partial charge is 0.258 e. The molecule has 0 aliphatic carbocycles. The fourth-order valence-electron chi connectivity index (χ4n) is 5.86. The molecule has 0 bridgehead atoms. The van der Waals surface area contributed by atoms with Crippen LogP contribution in [-0.2, 0) is 11.3 Å². The maximum Gasteiger partial charge on any atom is 0.258 e. The number of carbonyl (C=O) groups is 1. The summed E-state index contributed by atoms with van der Waals surface area (Å²) in [7, 11) is 0. The van der Waals surface area contributed by atoms with Gasteiger partial charge >= 0.3 is 0 Å². The molecule has 1 fully saturated rings. The van der Waals surface area contributed by atoms with Crippen LogP contribution in [0.25, 0.3) is 11.3 Å². The summed E-state index contributed by atoms with van der Waals surface area (Å²) in [4.78, 5) is 16.0. The van der Waals surface area contributed by atoms with Crippen molar-refractivity contribution >= 4 is 28.6 Å². The summed E-state index contributed by atoms with van der Waals surface area (Å²) in [6, 6.07) is 22.3. The number of ether oxygens (including phenoxy) is 2. The van der Waals surface area contributed by atoms with Crippen molar-refractivity contribution in [1.29, 1.82) is 0 Å². The van der Waals surface area contributed by atoms with Crippen molar-refractivity contribution in [3.63, 3.8) is 0 Å². The molecule has 2 atom stereocenters. The number of amides is 1. The largest absolute Gasteiger partial charge is 0.490 e. The Bertz CT molecular complexity index is 1320. The number of likely N-dealkylation sites (tertiary alicyclic amines) is 1. The van der Waals surface area contributed by atoms with Gasteiger partial charge in [-0.15, -0.1) is 0 Å². The Kier molecular flexibility index (Phi) is 8.22. The van der Waals surface area contributed by atoms with E-state index in [4.69, 9.17) is 9.47 Å². The van der Waals surface area contributed by atoms with Crippen LogP contribution in [0.1, 0.15) is 50.8 Å². The highest BCUT2D eigenvalue weighted by Crippen LogP contribution is 2.43. The molecule has 2 aliphatic rings. The molecular formula is C33H39N3O3. The van der Waals surface area contributed by atoms with Gasteiger partial charge in [-0.05, 0) is 61.4 Å². The van der Waals surface area contributed by atoms with Gasteiger partial charge in [0.05, 0.1) is 30.2 Å². The van der Waals surface area contributed by atoms with Gasteiger partial charge in [-0.1, -0.05) is 56.3 Å². The zero-order chi connectivity index (χ0) is 27.4. The maximum absolute atomic E-state index is 13.4. The van der Waals surface area contributed by atoms with Gasteiger partial charge in [0.2, 0.25) is 0 Å². The van der Waals surface area contributed by atoms with E-state index in [0.29, 0.717) is 30.3 Å². The van der Waals surface area contributed by atoms with Crippen LogP contribution in [0, 0.1) is 11.8 Å². The molecule has 0 radical (unpaired) electrons. The minimum Gasteiger partial charge on any atom is -0.490 e. The van der Waals surface area contributed by atoms with E-state index in [0.717, 1.165) is 59.7 Å². The lowest BCUT2D eigenvalue weighted by atomic mass is 9.91.